The number of likely N-dealkylation sites (tertiary alicyclic amines) is 2. The molecule has 8 heteroatoms. The predicted molar refractivity (Wildman–Crippen MR) is 93.4 cm³/mol. The lowest BCUT2D eigenvalue weighted by Gasteiger charge is -2.40. The van der Waals surface area contributed by atoms with Crippen LogP contribution in [-0.4, -0.2) is 48.3 Å². The van der Waals surface area contributed by atoms with Crippen LogP contribution >= 0.6 is 0 Å². The molecule has 0 unspecified atom stereocenters. The van der Waals surface area contributed by atoms with E-state index in [0.29, 0.717) is 31.6 Å². The molecule has 3 atom stereocenters. The molecule has 0 aromatic heterocycles. The number of amides is 2. The first-order chi connectivity index (χ1) is 12.7. The third-order valence-electron chi connectivity index (χ3n) is 5.69. The lowest BCUT2D eigenvalue weighted by molar-refractivity contribution is -0.146. The highest BCUT2D eigenvalue weighted by Crippen LogP contribution is 2.39. The number of hydrogen-bond donors (Lipinski definition) is 1. The van der Waals surface area contributed by atoms with Crippen molar-refractivity contribution in [1.82, 2.24) is 9.80 Å². The lowest BCUT2D eigenvalue weighted by atomic mass is 9.83. The number of nitrogens with zero attached hydrogens (tertiary/aromatic N) is 2. The van der Waals surface area contributed by atoms with Crippen LogP contribution in [0.15, 0.2) is 24.3 Å². The average molecular weight is 383 g/mol. The second kappa shape index (κ2) is 7.50. The van der Waals surface area contributed by atoms with E-state index in [1.54, 1.807) is 11.9 Å². The summed E-state index contributed by atoms with van der Waals surface area (Å²) in [6, 6.07) is 4.19. The summed E-state index contributed by atoms with van der Waals surface area (Å²) in [7, 11) is 1.61. The van der Waals surface area contributed by atoms with E-state index < -0.39 is 23.7 Å². The summed E-state index contributed by atoms with van der Waals surface area (Å²) in [5.41, 5.74) is 5.50. The number of halogens is 3. The number of carbonyl (C=O) groups is 2. The van der Waals surface area contributed by atoms with Crippen LogP contribution in [-0.2, 0) is 15.8 Å². The summed E-state index contributed by atoms with van der Waals surface area (Å²) < 4.78 is 38.5. The molecule has 0 bridgehead atoms. The Morgan fingerprint density at radius 2 is 1.89 bits per heavy atom. The van der Waals surface area contributed by atoms with Crippen LogP contribution in [0.5, 0.6) is 0 Å². The minimum absolute atomic E-state index is 0.0461. The molecule has 2 saturated heterocycles. The molecule has 2 aliphatic heterocycles. The number of carbonyl (C=O) groups excluding carboxylic acids is 2. The lowest BCUT2D eigenvalue weighted by Crippen LogP contribution is -2.47. The normalized spacial score (nSPS) is 26.6. The number of alkyl halides is 3. The Morgan fingerprint density at radius 1 is 1.22 bits per heavy atom. The maximum atomic E-state index is 13.1. The molecule has 0 aliphatic carbocycles. The minimum Gasteiger partial charge on any atom is -0.342 e. The number of nitrogens with two attached hydrogens (primary N) is 1. The highest BCUT2D eigenvalue weighted by molar-refractivity contribution is 5.85. The van der Waals surface area contributed by atoms with Crippen molar-refractivity contribution in [3.05, 3.63) is 35.4 Å². The summed E-state index contributed by atoms with van der Waals surface area (Å²) in [5, 5.41) is 0. The summed E-state index contributed by atoms with van der Waals surface area (Å²) in [4.78, 5) is 28.6. The SMILES string of the molecule is CN1C(=O)CC[C@H](C(=O)N2CC[C@H](CN)C2)[C@H]1c1ccc(C(F)(F)F)cc1. The first kappa shape index (κ1) is 19.7. The highest BCUT2D eigenvalue weighted by Gasteiger charge is 2.42. The molecule has 1 aromatic rings. The largest absolute Gasteiger partial charge is 0.416 e. The Hall–Kier alpha value is -2.09. The number of hydrogen-bond acceptors (Lipinski definition) is 3. The van der Waals surface area contributed by atoms with Gasteiger partial charge in [0.05, 0.1) is 17.5 Å². The molecular formula is C19H24F3N3O2. The van der Waals surface area contributed by atoms with E-state index in [0.717, 1.165) is 18.6 Å². The fourth-order valence-electron chi connectivity index (χ4n) is 4.08. The van der Waals surface area contributed by atoms with Gasteiger partial charge in [-0.2, -0.15) is 13.2 Å². The molecule has 2 heterocycles. The van der Waals surface area contributed by atoms with Gasteiger partial charge in [-0.25, -0.2) is 0 Å². The number of piperidine rings is 1. The quantitative estimate of drug-likeness (QED) is 0.872. The topological polar surface area (TPSA) is 66.6 Å². The van der Waals surface area contributed by atoms with Crippen molar-refractivity contribution >= 4 is 11.8 Å². The number of rotatable bonds is 3. The van der Waals surface area contributed by atoms with Gasteiger partial charge in [-0.05, 0) is 43.0 Å². The first-order valence-corrected chi connectivity index (χ1v) is 9.14. The maximum Gasteiger partial charge on any atom is 0.416 e. The van der Waals surface area contributed by atoms with Crippen molar-refractivity contribution in [3.8, 4) is 0 Å². The summed E-state index contributed by atoms with van der Waals surface area (Å²) in [6.45, 7) is 1.76. The van der Waals surface area contributed by atoms with E-state index in [4.69, 9.17) is 5.73 Å². The predicted octanol–water partition coefficient (Wildman–Crippen LogP) is 2.42. The molecule has 27 heavy (non-hydrogen) atoms. The molecular weight excluding hydrogens is 359 g/mol. The van der Waals surface area contributed by atoms with Gasteiger partial charge >= 0.3 is 6.18 Å². The standard InChI is InChI=1S/C19H24F3N3O2/c1-24-16(26)7-6-15(18(27)25-9-8-12(10-23)11-25)17(24)13-2-4-14(5-3-13)19(20,21)22/h2-5,12,15,17H,6-11,23H2,1H3/t12-,15+,17-/m1/s1. The monoisotopic (exact) mass is 383 g/mol. The van der Waals surface area contributed by atoms with Gasteiger partial charge in [0.2, 0.25) is 11.8 Å². The van der Waals surface area contributed by atoms with E-state index in [9.17, 15) is 22.8 Å². The summed E-state index contributed by atoms with van der Waals surface area (Å²) in [6.07, 6.45) is -2.90. The van der Waals surface area contributed by atoms with E-state index in [1.807, 2.05) is 0 Å². The van der Waals surface area contributed by atoms with E-state index in [1.165, 1.54) is 17.0 Å². The van der Waals surface area contributed by atoms with Gasteiger partial charge in [-0.1, -0.05) is 12.1 Å². The fourth-order valence-corrected chi connectivity index (χ4v) is 4.08. The van der Waals surface area contributed by atoms with Crippen LogP contribution in [0.25, 0.3) is 0 Å². The third-order valence-corrected chi connectivity index (χ3v) is 5.69. The van der Waals surface area contributed by atoms with Crippen molar-refractivity contribution < 1.29 is 22.8 Å². The smallest absolute Gasteiger partial charge is 0.342 e. The van der Waals surface area contributed by atoms with Gasteiger partial charge < -0.3 is 15.5 Å². The molecule has 2 N–H and O–H groups in total. The van der Waals surface area contributed by atoms with Gasteiger partial charge in [0.25, 0.3) is 0 Å². The summed E-state index contributed by atoms with van der Waals surface area (Å²) >= 11 is 0. The second-order valence-electron chi connectivity index (χ2n) is 7.39. The van der Waals surface area contributed by atoms with Crippen LogP contribution in [0.2, 0.25) is 0 Å². The molecule has 2 fully saturated rings. The molecule has 0 radical (unpaired) electrons. The van der Waals surface area contributed by atoms with Crippen LogP contribution in [0, 0.1) is 11.8 Å². The Labute approximate surface area is 156 Å². The maximum absolute atomic E-state index is 13.1. The molecule has 0 saturated carbocycles. The van der Waals surface area contributed by atoms with Crippen molar-refractivity contribution in [1.29, 1.82) is 0 Å². The van der Waals surface area contributed by atoms with E-state index in [-0.39, 0.29) is 24.2 Å². The fraction of sp³-hybridized carbons (Fsp3) is 0.579. The summed E-state index contributed by atoms with van der Waals surface area (Å²) in [5.74, 6) is -0.331. The third kappa shape index (κ3) is 3.95. The van der Waals surface area contributed by atoms with Gasteiger partial charge in [0.1, 0.15) is 0 Å². The molecule has 0 spiro atoms. The Balaban J connectivity index is 1.86. The zero-order valence-electron chi connectivity index (χ0n) is 15.2. The zero-order valence-corrected chi connectivity index (χ0v) is 15.2. The minimum atomic E-state index is -4.42. The van der Waals surface area contributed by atoms with Gasteiger partial charge in [0, 0.05) is 26.6 Å². The highest BCUT2D eigenvalue weighted by atomic mass is 19.4. The molecule has 2 aliphatic rings. The Bertz CT molecular complexity index is 705. The van der Waals surface area contributed by atoms with Crippen LogP contribution in [0.4, 0.5) is 13.2 Å². The molecule has 5 nitrogen and oxygen atoms in total. The average Bonchev–Trinajstić information content (AvgIpc) is 3.12. The van der Waals surface area contributed by atoms with Crippen LogP contribution in [0.1, 0.15) is 36.4 Å². The molecule has 148 valence electrons. The molecule has 3 rings (SSSR count). The first-order valence-electron chi connectivity index (χ1n) is 9.14. The Kier molecular flexibility index (Phi) is 5.46. The van der Waals surface area contributed by atoms with Crippen molar-refractivity contribution in [3.63, 3.8) is 0 Å². The van der Waals surface area contributed by atoms with Crippen LogP contribution in [0.3, 0.4) is 0 Å². The van der Waals surface area contributed by atoms with E-state index in [2.05, 4.69) is 0 Å². The van der Waals surface area contributed by atoms with E-state index >= 15 is 0 Å². The van der Waals surface area contributed by atoms with Crippen molar-refractivity contribution in [2.75, 3.05) is 26.7 Å². The second-order valence-corrected chi connectivity index (χ2v) is 7.39. The van der Waals surface area contributed by atoms with Gasteiger partial charge in [-0.3, -0.25) is 9.59 Å². The van der Waals surface area contributed by atoms with Gasteiger partial charge in [0.15, 0.2) is 0 Å². The van der Waals surface area contributed by atoms with Crippen molar-refractivity contribution in [2.24, 2.45) is 17.6 Å². The van der Waals surface area contributed by atoms with Crippen LogP contribution < -0.4 is 5.73 Å². The molecule has 1 aromatic carbocycles. The Morgan fingerprint density at radius 3 is 2.44 bits per heavy atom. The molecule has 2 amide bonds. The van der Waals surface area contributed by atoms with Crippen molar-refractivity contribution in [2.45, 2.75) is 31.5 Å². The zero-order chi connectivity index (χ0) is 19.8. The number of benzene rings is 1. The van der Waals surface area contributed by atoms with Gasteiger partial charge in [-0.15, -0.1) is 0 Å².